The second-order valence-electron chi connectivity index (χ2n) is 5.64. The summed E-state index contributed by atoms with van der Waals surface area (Å²) in [6.07, 6.45) is 6.78. The van der Waals surface area contributed by atoms with E-state index in [9.17, 15) is 0 Å². The van der Waals surface area contributed by atoms with Crippen LogP contribution in [0, 0.1) is 0 Å². The summed E-state index contributed by atoms with van der Waals surface area (Å²) in [5.74, 6) is 0. The van der Waals surface area contributed by atoms with E-state index < -0.39 is 0 Å². The molecule has 1 fully saturated rings. The molecule has 1 saturated heterocycles. The SMILES string of the molecule is CCCN1CCC[C@@H]1CCCNCc1ccccc1. The molecule has 1 aromatic rings. The average Bonchev–Trinajstić information content (AvgIpc) is 2.88. The van der Waals surface area contributed by atoms with Crippen molar-refractivity contribution < 1.29 is 0 Å². The Morgan fingerprint density at radius 1 is 1.26 bits per heavy atom. The molecule has 0 aliphatic carbocycles. The Morgan fingerprint density at radius 2 is 2.11 bits per heavy atom. The van der Waals surface area contributed by atoms with E-state index in [0.29, 0.717) is 0 Å². The van der Waals surface area contributed by atoms with E-state index in [1.807, 2.05) is 0 Å². The first-order valence-corrected chi connectivity index (χ1v) is 7.89. The van der Waals surface area contributed by atoms with Gasteiger partial charge in [0.1, 0.15) is 0 Å². The zero-order valence-corrected chi connectivity index (χ0v) is 12.3. The van der Waals surface area contributed by atoms with Crippen molar-refractivity contribution in [1.29, 1.82) is 0 Å². The number of nitrogens with zero attached hydrogens (tertiary/aromatic N) is 1. The minimum atomic E-state index is 0.860. The Bertz CT molecular complexity index is 336. The fourth-order valence-electron chi connectivity index (χ4n) is 3.09. The summed E-state index contributed by atoms with van der Waals surface area (Å²) < 4.78 is 0. The molecule has 1 atom stereocenters. The van der Waals surface area contributed by atoms with E-state index in [4.69, 9.17) is 0 Å². The quantitative estimate of drug-likeness (QED) is 0.720. The fraction of sp³-hybridized carbons (Fsp3) is 0.647. The molecule has 1 N–H and O–H groups in total. The maximum Gasteiger partial charge on any atom is 0.0205 e. The van der Waals surface area contributed by atoms with E-state index >= 15 is 0 Å². The third kappa shape index (κ3) is 4.96. The second-order valence-corrected chi connectivity index (χ2v) is 5.64. The van der Waals surface area contributed by atoms with Crippen molar-refractivity contribution in [3.63, 3.8) is 0 Å². The van der Waals surface area contributed by atoms with Crippen LogP contribution >= 0.6 is 0 Å². The molecule has 0 bridgehead atoms. The van der Waals surface area contributed by atoms with Crippen LogP contribution in [0.4, 0.5) is 0 Å². The van der Waals surface area contributed by atoms with E-state index in [-0.39, 0.29) is 0 Å². The lowest BCUT2D eigenvalue weighted by molar-refractivity contribution is 0.240. The van der Waals surface area contributed by atoms with Crippen molar-refractivity contribution >= 4 is 0 Å². The number of hydrogen-bond acceptors (Lipinski definition) is 2. The highest BCUT2D eigenvalue weighted by Gasteiger charge is 2.22. The molecule has 19 heavy (non-hydrogen) atoms. The Balaban J connectivity index is 1.56. The highest BCUT2D eigenvalue weighted by atomic mass is 15.2. The fourth-order valence-corrected chi connectivity index (χ4v) is 3.09. The van der Waals surface area contributed by atoms with Gasteiger partial charge in [-0.25, -0.2) is 0 Å². The Morgan fingerprint density at radius 3 is 2.89 bits per heavy atom. The monoisotopic (exact) mass is 260 g/mol. The van der Waals surface area contributed by atoms with Crippen molar-refractivity contribution in [2.45, 2.75) is 51.6 Å². The molecule has 2 rings (SSSR count). The van der Waals surface area contributed by atoms with Gasteiger partial charge < -0.3 is 10.2 Å². The molecule has 0 radical (unpaired) electrons. The molecule has 0 unspecified atom stereocenters. The third-order valence-electron chi connectivity index (χ3n) is 4.07. The van der Waals surface area contributed by atoms with Gasteiger partial charge in [-0.05, 0) is 57.3 Å². The molecule has 2 nitrogen and oxygen atoms in total. The Kier molecular flexibility index (Phi) is 6.38. The number of nitrogens with one attached hydrogen (secondary N) is 1. The summed E-state index contributed by atoms with van der Waals surface area (Å²) in [5, 5.41) is 3.55. The summed E-state index contributed by atoms with van der Waals surface area (Å²) >= 11 is 0. The molecule has 0 spiro atoms. The topological polar surface area (TPSA) is 15.3 Å². The molecule has 2 heteroatoms. The highest BCUT2D eigenvalue weighted by molar-refractivity contribution is 5.14. The minimum Gasteiger partial charge on any atom is -0.313 e. The number of rotatable bonds is 8. The van der Waals surface area contributed by atoms with Crippen LogP contribution in [0.5, 0.6) is 0 Å². The van der Waals surface area contributed by atoms with E-state index in [2.05, 4.69) is 47.5 Å². The van der Waals surface area contributed by atoms with Gasteiger partial charge in [-0.1, -0.05) is 37.3 Å². The van der Waals surface area contributed by atoms with Crippen molar-refractivity contribution in [1.82, 2.24) is 10.2 Å². The van der Waals surface area contributed by atoms with Gasteiger partial charge in [-0.15, -0.1) is 0 Å². The molecule has 1 heterocycles. The van der Waals surface area contributed by atoms with Crippen molar-refractivity contribution in [3.05, 3.63) is 35.9 Å². The largest absolute Gasteiger partial charge is 0.313 e. The third-order valence-corrected chi connectivity index (χ3v) is 4.07. The van der Waals surface area contributed by atoms with Crippen LogP contribution in [0.3, 0.4) is 0 Å². The van der Waals surface area contributed by atoms with Crippen molar-refractivity contribution in [3.8, 4) is 0 Å². The molecule has 0 amide bonds. The first kappa shape index (κ1) is 14.5. The predicted octanol–water partition coefficient (Wildman–Crippen LogP) is 3.43. The van der Waals surface area contributed by atoms with Crippen LogP contribution in [0.15, 0.2) is 30.3 Å². The normalized spacial score (nSPS) is 19.9. The molecule has 0 saturated carbocycles. The van der Waals surface area contributed by atoms with Gasteiger partial charge in [0.05, 0.1) is 0 Å². The lowest BCUT2D eigenvalue weighted by Gasteiger charge is -2.23. The summed E-state index contributed by atoms with van der Waals surface area (Å²) in [7, 11) is 0. The summed E-state index contributed by atoms with van der Waals surface area (Å²) in [5.41, 5.74) is 1.39. The molecule has 106 valence electrons. The molecule has 0 aromatic heterocycles. The lowest BCUT2D eigenvalue weighted by atomic mass is 10.1. The van der Waals surface area contributed by atoms with E-state index in [0.717, 1.165) is 19.1 Å². The first-order chi connectivity index (χ1) is 9.40. The minimum absolute atomic E-state index is 0.860. The van der Waals surface area contributed by atoms with Gasteiger partial charge in [-0.2, -0.15) is 0 Å². The Labute approximate surface area is 118 Å². The van der Waals surface area contributed by atoms with Gasteiger partial charge >= 0.3 is 0 Å². The van der Waals surface area contributed by atoms with Crippen LogP contribution < -0.4 is 5.32 Å². The smallest absolute Gasteiger partial charge is 0.0205 e. The Hall–Kier alpha value is -0.860. The van der Waals surface area contributed by atoms with Crippen LogP contribution in [0.25, 0.3) is 0 Å². The second kappa shape index (κ2) is 8.34. The standard InChI is InChI=1S/C17H28N2/c1-2-13-19-14-7-11-17(19)10-6-12-18-15-16-8-4-3-5-9-16/h3-5,8-9,17-18H,2,6-7,10-15H2,1H3/t17-/m0/s1. The molecular weight excluding hydrogens is 232 g/mol. The number of likely N-dealkylation sites (tertiary alicyclic amines) is 1. The van der Waals surface area contributed by atoms with Gasteiger partial charge in [0, 0.05) is 12.6 Å². The highest BCUT2D eigenvalue weighted by Crippen LogP contribution is 2.21. The van der Waals surface area contributed by atoms with Crippen molar-refractivity contribution in [2.24, 2.45) is 0 Å². The van der Waals surface area contributed by atoms with Crippen LogP contribution in [0.1, 0.15) is 44.6 Å². The van der Waals surface area contributed by atoms with Gasteiger partial charge in [0.15, 0.2) is 0 Å². The lowest BCUT2D eigenvalue weighted by Crippen LogP contribution is -2.30. The summed E-state index contributed by atoms with van der Waals surface area (Å²) in [4.78, 5) is 2.69. The van der Waals surface area contributed by atoms with Gasteiger partial charge in [0.25, 0.3) is 0 Å². The number of benzene rings is 1. The van der Waals surface area contributed by atoms with E-state index in [1.165, 1.54) is 50.8 Å². The van der Waals surface area contributed by atoms with Gasteiger partial charge in [-0.3, -0.25) is 0 Å². The van der Waals surface area contributed by atoms with Crippen LogP contribution in [0.2, 0.25) is 0 Å². The predicted molar refractivity (Wildman–Crippen MR) is 82.3 cm³/mol. The maximum absolute atomic E-state index is 3.55. The van der Waals surface area contributed by atoms with Crippen molar-refractivity contribution in [2.75, 3.05) is 19.6 Å². The number of hydrogen-bond donors (Lipinski definition) is 1. The zero-order valence-electron chi connectivity index (χ0n) is 12.3. The summed E-state index contributed by atoms with van der Waals surface area (Å²) in [6, 6.07) is 11.5. The molecular formula is C17H28N2. The molecule has 1 aromatic carbocycles. The van der Waals surface area contributed by atoms with Gasteiger partial charge in [0.2, 0.25) is 0 Å². The average molecular weight is 260 g/mol. The van der Waals surface area contributed by atoms with Crippen LogP contribution in [-0.2, 0) is 6.54 Å². The first-order valence-electron chi connectivity index (χ1n) is 7.89. The maximum atomic E-state index is 3.55. The zero-order chi connectivity index (χ0) is 13.3. The molecule has 1 aliphatic heterocycles. The van der Waals surface area contributed by atoms with Crippen LogP contribution in [-0.4, -0.2) is 30.6 Å². The summed E-state index contributed by atoms with van der Waals surface area (Å²) in [6.45, 7) is 7.06. The van der Waals surface area contributed by atoms with E-state index in [1.54, 1.807) is 0 Å². The molecule has 1 aliphatic rings.